The smallest absolute Gasteiger partial charge is 0.301 e. The second-order valence-electron chi connectivity index (χ2n) is 7.94. The maximum atomic E-state index is 14.0. The molecule has 4 aromatic rings. The molecule has 1 aliphatic rings. The molecule has 1 saturated heterocycles. The van der Waals surface area contributed by atoms with Crippen molar-refractivity contribution in [2.24, 2.45) is 0 Å². The number of nitrogens with zero attached hydrogens (tertiary/aromatic N) is 3. The largest absolute Gasteiger partial charge is 0.507 e. The first-order valence-corrected chi connectivity index (χ1v) is 13.4. The number of hydrogen-bond acceptors (Lipinski definition) is 7. The van der Waals surface area contributed by atoms with Crippen molar-refractivity contribution in [2.45, 2.75) is 16.1 Å². The highest BCUT2D eigenvalue weighted by molar-refractivity contribution is 8.00. The lowest BCUT2D eigenvalue weighted by molar-refractivity contribution is -0.132. The predicted molar refractivity (Wildman–Crippen MR) is 144 cm³/mol. The molecule has 1 aliphatic heterocycles. The van der Waals surface area contributed by atoms with E-state index in [9.17, 15) is 19.1 Å². The summed E-state index contributed by atoms with van der Waals surface area (Å²) in [6.45, 7) is 0. The molecule has 0 saturated carbocycles. The zero-order chi connectivity index (χ0) is 26.1. The molecule has 0 bridgehead atoms. The second-order valence-corrected chi connectivity index (χ2v) is 10.9. The van der Waals surface area contributed by atoms with E-state index in [1.54, 1.807) is 66.7 Å². The molecule has 5 rings (SSSR count). The van der Waals surface area contributed by atoms with Crippen molar-refractivity contribution in [3.05, 3.63) is 111 Å². The molecule has 1 fully saturated rings. The third-order valence-corrected chi connectivity index (χ3v) is 8.51. The van der Waals surface area contributed by atoms with E-state index in [0.717, 1.165) is 11.3 Å². The molecule has 1 unspecified atom stereocenters. The number of hydrogen-bond donors (Lipinski definition) is 1. The van der Waals surface area contributed by atoms with E-state index in [4.69, 9.17) is 23.2 Å². The minimum Gasteiger partial charge on any atom is -0.507 e. The van der Waals surface area contributed by atoms with Crippen LogP contribution in [0, 0.1) is 5.82 Å². The van der Waals surface area contributed by atoms with Gasteiger partial charge in [-0.25, -0.2) is 4.39 Å². The van der Waals surface area contributed by atoms with E-state index < -0.39 is 17.7 Å². The van der Waals surface area contributed by atoms with Gasteiger partial charge in [0.05, 0.1) is 21.7 Å². The third-order valence-electron chi connectivity index (χ3n) is 5.66. The molecule has 37 heavy (non-hydrogen) atoms. The molecule has 0 aliphatic carbocycles. The van der Waals surface area contributed by atoms with Gasteiger partial charge in [0.1, 0.15) is 11.6 Å². The van der Waals surface area contributed by atoms with E-state index in [0.29, 0.717) is 31.8 Å². The number of aliphatic hydroxyl groups excluding tert-OH is 1. The minimum atomic E-state index is -1.02. The Morgan fingerprint density at radius 3 is 2.46 bits per heavy atom. The van der Waals surface area contributed by atoms with Crippen molar-refractivity contribution in [2.75, 3.05) is 4.90 Å². The zero-order valence-corrected chi connectivity index (χ0v) is 21.9. The lowest BCUT2D eigenvalue weighted by Gasteiger charge is -2.22. The van der Waals surface area contributed by atoms with Crippen LogP contribution < -0.4 is 4.90 Å². The first-order chi connectivity index (χ1) is 17.8. The molecule has 1 atom stereocenters. The summed E-state index contributed by atoms with van der Waals surface area (Å²) < 4.78 is 14.5. The van der Waals surface area contributed by atoms with Crippen LogP contribution in [0.25, 0.3) is 5.76 Å². The average molecular weight is 572 g/mol. The number of halogens is 3. The number of rotatable bonds is 6. The molecule has 2 heterocycles. The van der Waals surface area contributed by atoms with Crippen LogP contribution in [0.15, 0.2) is 82.7 Å². The number of anilines is 1. The Balaban J connectivity index is 1.56. The Hall–Kier alpha value is -3.24. The molecule has 1 amide bonds. The summed E-state index contributed by atoms with van der Waals surface area (Å²) >= 11 is 14.7. The van der Waals surface area contributed by atoms with Crippen LogP contribution in [0.3, 0.4) is 0 Å². The molecule has 0 radical (unpaired) electrons. The fraction of sp³-hybridized carbons (Fsp3) is 0.0769. The van der Waals surface area contributed by atoms with Gasteiger partial charge in [-0.2, -0.15) is 0 Å². The molecular formula is C26H16Cl2FN3O3S2. The van der Waals surface area contributed by atoms with Crippen LogP contribution in [0.5, 0.6) is 0 Å². The van der Waals surface area contributed by atoms with E-state index >= 15 is 0 Å². The Morgan fingerprint density at radius 2 is 1.73 bits per heavy atom. The number of amides is 1. The average Bonchev–Trinajstić information content (AvgIpc) is 3.47. The van der Waals surface area contributed by atoms with Gasteiger partial charge in [-0.05, 0) is 29.3 Å². The number of aliphatic hydroxyl groups is 1. The maximum Gasteiger partial charge on any atom is 0.301 e. The molecule has 1 aromatic heterocycles. The second kappa shape index (κ2) is 10.6. The van der Waals surface area contributed by atoms with Crippen molar-refractivity contribution < 1.29 is 19.1 Å². The number of ketones is 1. The molecule has 0 spiro atoms. The molecule has 6 nitrogen and oxygen atoms in total. The number of aromatic nitrogens is 2. The van der Waals surface area contributed by atoms with Crippen LogP contribution >= 0.6 is 46.3 Å². The lowest BCUT2D eigenvalue weighted by atomic mass is 9.95. The fourth-order valence-corrected chi connectivity index (χ4v) is 6.05. The summed E-state index contributed by atoms with van der Waals surface area (Å²) in [5.74, 6) is -2.07. The quantitative estimate of drug-likeness (QED) is 0.0890. The highest BCUT2D eigenvalue weighted by Gasteiger charge is 2.48. The van der Waals surface area contributed by atoms with Crippen LogP contribution in [0.1, 0.15) is 22.7 Å². The summed E-state index contributed by atoms with van der Waals surface area (Å²) in [7, 11) is 0. The molecular weight excluding hydrogens is 556 g/mol. The zero-order valence-electron chi connectivity index (χ0n) is 18.8. The van der Waals surface area contributed by atoms with Crippen molar-refractivity contribution >= 4 is 68.9 Å². The van der Waals surface area contributed by atoms with Gasteiger partial charge >= 0.3 is 5.91 Å². The van der Waals surface area contributed by atoms with E-state index in [-0.39, 0.29) is 27.3 Å². The van der Waals surface area contributed by atoms with Gasteiger partial charge in [0.25, 0.3) is 5.78 Å². The summed E-state index contributed by atoms with van der Waals surface area (Å²) in [6, 6.07) is 18.6. The monoisotopic (exact) mass is 571 g/mol. The summed E-state index contributed by atoms with van der Waals surface area (Å²) in [5, 5.41) is 20.1. The normalized spacial score (nSPS) is 16.9. The molecule has 3 aromatic carbocycles. The van der Waals surface area contributed by atoms with Gasteiger partial charge in [-0.15, -0.1) is 10.2 Å². The van der Waals surface area contributed by atoms with Gasteiger partial charge in [-0.3, -0.25) is 14.5 Å². The number of carbonyl (C=O) groups is 2. The minimum absolute atomic E-state index is 0.106. The standard InChI is InChI=1S/C26H16Cl2FN3O3S2/c27-17-11-10-15(12-18(17)28)21-20(22(33)14-6-2-1-3-7-14)23(34)24(35)32(21)25-30-31-26(37-25)36-13-16-8-4-5-9-19(16)29/h1-12,21,33H,13H2/b22-20-. The first kappa shape index (κ1) is 25.4. The van der Waals surface area contributed by atoms with Gasteiger partial charge in [0.2, 0.25) is 5.13 Å². The Morgan fingerprint density at radius 1 is 1.00 bits per heavy atom. The van der Waals surface area contributed by atoms with Crippen molar-refractivity contribution in [1.82, 2.24) is 10.2 Å². The van der Waals surface area contributed by atoms with Gasteiger partial charge in [0, 0.05) is 11.3 Å². The Bertz CT molecular complexity index is 1550. The number of Topliss-reactive ketones (excluding diaryl/α,β-unsaturated/α-hetero) is 1. The van der Waals surface area contributed by atoms with Crippen molar-refractivity contribution in [3.8, 4) is 0 Å². The predicted octanol–water partition coefficient (Wildman–Crippen LogP) is 6.90. The SMILES string of the molecule is O=C1C(=O)N(c2nnc(SCc3ccccc3F)s2)C(c2ccc(Cl)c(Cl)c2)/C1=C(/O)c1ccccc1. The summed E-state index contributed by atoms with van der Waals surface area (Å²) in [6.07, 6.45) is 0. The van der Waals surface area contributed by atoms with E-state index in [1.807, 2.05) is 0 Å². The summed E-state index contributed by atoms with van der Waals surface area (Å²) in [5.41, 5.74) is 1.24. The van der Waals surface area contributed by atoms with Crippen LogP contribution in [0.4, 0.5) is 9.52 Å². The van der Waals surface area contributed by atoms with Crippen LogP contribution in [-0.4, -0.2) is 27.0 Å². The number of thioether (sulfide) groups is 1. The third kappa shape index (κ3) is 5.00. The highest BCUT2D eigenvalue weighted by atomic mass is 35.5. The van der Waals surface area contributed by atoms with Crippen molar-refractivity contribution in [1.29, 1.82) is 0 Å². The number of benzene rings is 3. The Kier molecular flexibility index (Phi) is 7.30. The fourth-order valence-electron chi connectivity index (χ4n) is 3.89. The Labute approximate surface area is 229 Å². The lowest BCUT2D eigenvalue weighted by Crippen LogP contribution is -2.29. The molecule has 186 valence electrons. The molecule has 1 N–H and O–H groups in total. The molecule has 11 heteroatoms. The van der Waals surface area contributed by atoms with E-state index in [1.165, 1.54) is 22.7 Å². The van der Waals surface area contributed by atoms with Crippen LogP contribution in [0.2, 0.25) is 10.0 Å². The first-order valence-electron chi connectivity index (χ1n) is 10.9. The van der Waals surface area contributed by atoms with Gasteiger partial charge < -0.3 is 5.11 Å². The van der Waals surface area contributed by atoms with Crippen molar-refractivity contribution in [3.63, 3.8) is 0 Å². The topological polar surface area (TPSA) is 83.4 Å². The van der Waals surface area contributed by atoms with Gasteiger partial charge in [-0.1, -0.05) is 101 Å². The summed E-state index contributed by atoms with van der Waals surface area (Å²) in [4.78, 5) is 27.7. The van der Waals surface area contributed by atoms with E-state index in [2.05, 4.69) is 10.2 Å². The highest BCUT2D eigenvalue weighted by Crippen LogP contribution is 2.45. The maximum absolute atomic E-state index is 14.0. The van der Waals surface area contributed by atoms with Crippen LogP contribution in [-0.2, 0) is 15.3 Å². The number of carbonyl (C=O) groups excluding carboxylic acids is 2. The van der Waals surface area contributed by atoms with Gasteiger partial charge in [0.15, 0.2) is 4.34 Å².